The minimum atomic E-state index is -4.64. The molecule has 0 aromatic heterocycles. The zero-order valence-corrected chi connectivity index (χ0v) is 39.8. The van der Waals surface area contributed by atoms with Crippen molar-refractivity contribution in [1.82, 2.24) is 0 Å². The molecule has 0 atom stereocenters. The second-order valence-electron chi connectivity index (χ2n) is 20.1. The lowest BCUT2D eigenvalue weighted by molar-refractivity contribution is 0.291. The summed E-state index contributed by atoms with van der Waals surface area (Å²) in [6.45, 7) is 17.3. The zero-order chi connectivity index (χ0) is 41.8. The Balaban J connectivity index is 2.78. The van der Waals surface area contributed by atoms with Crippen molar-refractivity contribution in [3.05, 3.63) is 28.8 Å². The van der Waals surface area contributed by atoms with E-state index in [4.69, 9.17) is 0 Å². The Kier molecular flexibility index (Phi) is 28.7. The van der Waals surface area contributed by atoms with E-state index in [9.17, 15) is 19.5 Å². The van der Waals surface area contributed by atoms with Crippen LogP contribution < -0.4 is 0 Å². The first-order chi connectivity index (χ1) is 26.6. The SMILES string of the molecule is CCCCCCCCCCCCCCCCCCC(CCCCCCCCCCCCCCCCCC)(c1cc(C(C)(C)C)cc(C(C)(C)C)c1O)P(=O)(O)O. The molecular formula is C51H97O4P. The lowest BCUT2D eigenvalue weighted by Gasteiger charge is -2.38. The van der Waals surface area contributed by atoms with Gasteiger partial charge in [-0.2, -0.15) is 0 Å². The van der Waals surface area contributed by atoms with E-state index in [2.05, 4.69) is 61.5 Å². The number of unbranched alkanes of at least 4 members (excludes halogenated alkanes) is 30. The smallest absolute Gasteiger partial charge is 0.336 e. The molecule has 0 fully saturated rings. The average Bonchev–Trinajstić information content (AvgIpc) is 3.12. The average molecular weight is 805 g/mol. The van der Waals surface area contributed by atoms with Crippen LogP contribution >= 0.6 is 7.60 Å². The third kappa shape index (κ3) is 22.5. The van der Waals surface area contributed by atoms with Gasteiger partial charge in [0, 0.05) is 5.56 Å². The molecular weight excluding hydrogens is 708 g/mol. The van der Waals surface area contributed by atoms with Crippen molar-refractivity contribution in [1.29, 1.82) is 0 Å². The van der Waals surface area contributed by atoms with Gasteiger partial charge >= 0.3 is 7.60 Å². The highest BCUT2D eigenvalue weighted by atomic mass is 31.2. The van der Waals surface area contributed by atoms with E-state index in [1.807, 2.05) is 6.07 Å². The summed E-state index contributed by atoms with van der Waals surface area (Å²) in [5.41, 5.74) is 1.74. The van der Waals surface area contributed by atoms with Crippen LogP contribution in [0.1, 0.15) is 290 Å². The monoisotopic (exact) mass is 805 g/mol. The minimum absolute atomic E-state index is 0.0989. The molecule has 1 aromatic rings. The fourth-order valence-corrected chi connectivity index (χ4v) is 10.2. The maximum absolute atomic E-state index is 13.9. The number of phenols is 1. The van der Waals surface area contributed by atoms with Gasteiger partial charge in [-0.3, -0.25) is 4.57 Å². The van der Waals surface area contributed by atoms with Gasteiger partial charge in [0.25, 0.3) is 0 Å². The molecule has 0 unspecified atom stereocenters. The number of hydrogen-bond donors (Lipinski definition) is 3. The summed E-state index contributed by atoms with van der Waals surface area (Å²) in [5, 5.41) is 10.6. The topological polar surface area (TPSA) is 77.8 Å². The van der Waals surface area contributed by atoms with E-state index < -0.39 is 12.8 Å². The van der Waals surface area contributed by atoms with E-state index in [-0.39, 0.29) is 16.6 Å². The third-order valence-electron chi connectivity index (χ3n) is 12.7. The van der Waals surface area contributed by atoms with Gasteiger partial charge in [-0.25, -0.2) is 0 Å². The molecule has 0 spiro atoms. The second kappa shape index (κ2) is 30.2. The van der Waals surface area contributed by atoms with E-state index in [1.54, 1.807) is 0 Å². The molecule has 0 aliphatic carbocycles. The maximum atomic E-state index is 13.9. The van der Waals surface area contributed by atoms with E-state index in [0.717, 1.165) is 49.7 Å². The quantitative estimate of drug-likeness (QED) is 0.0466. The van der Waals surface area contributed by atoms with Crippen LogP contribution in [0, 0.1) is 0 Å². The van der Waals surface area contributed by atoms with Gasteiger partial charge in [0.2, 0.25) is 0 Å². The van der Waals surface area contributed by atoms with Crippen LogP contribution in [0.4, 0.5) is 0 Å². The summed E-state index contributed by atoms with van der Waals surface area (Å²) in [4.78, 5) is 22.7. The molecule has 0 radical (unpaired) electrons. The molecule has 0 aliphatic rings. The molecule has 56 heavy (non-hydrogen) atoms. The van der Waals surface area contributed by atoms with Gasteiger partial charge in [-0.1, -0.05) is 273 Å². The number of aromatic hydroxyl groups is 1. The summed E-state index contributed by atoms with van der Waals surface area (Å²) >= 11 is 0. The van der Waals surface area contributed by atoms with E-state index in [1.165, 1.54) is 167 Å². The number of hydrogen-bond acceptors (Lipinski definition) is 2. The minimum Gasteiger partial charge on any atom is -0.507 e. The molecule has 3 N–H and O–H groups in total. The summed E-state index contributed by atoms with van der Waals surface area (Å²) in [5.74, 6) is 0.0989. The standard InChI is InChI=1S/C51H97O4P/c1-9-11-13-15-17-19-21-23-25-27-29-31-33-35-37-39-41-51(56(53,54)55,47-44-45(49(3,4)5)43-46(48(47)52)50(6,7)8)42-40-38-36-34-32-30-28-26-24-22-20-18-16-14-12-10-2/h43-44,52H,9-42H2,1-8H3,(H2,53,54,55). The van der Waals surface area contributed by atoms with Crippen LogP contribution in [0.3, 0.4) is 0 Å². The van der Waals surface area contributed by atoms with Crippen molar-refractivity contribution in [3.8, 4) is 5.75 Å². The van der Waals surface area contributed by atoms with Gasteiger partial charge in [0.05, 0.1) is 0 Å². The van der Waals surface area contributed by atoms with Crippen molar-refractivity contribution >= 4 is 7.60 Å². The number of benzene rings is 1. The first kappa shape index (κ1) is 53.2. The molecule has 0 bridgehead atoms. The predicted molar refractivity (Wildman–Crippen MR) is 248 cm³/mol. The molecule has 0 saturated carbocycles. The van der Waals surface area contributed by atoms with Crippen LogP contribution in [-0.2, 0) is 20.6 Å². The predicted octanol–water partition coefficient (Wildman–Crippen LogP) is 17.7. The van der Waals surface area contributed by atoms with Crippen LogP contribution in [0.2, 0.25) is 0 Å². The van der Waals surface area contributed by atoms with Crippen LogP contribution in [0.5, 0.6) is 5.75 Å². The lowest BCUT2D eigenvalue weighted by atomic mass is 9.75. The molecule has 5 heteroatoms. The highest BCUT2D eigenvalue weighted by Crippen LogP contribution is 2.65. The van der Waals surface area contributed by atoms with Gasteiger partial charge in [0.15, 0.2) is 0 Å². The number of rotatable bonds is 36. The first-order valence-electron chi connectivity index (χ1n) is 24.6. The summed E-state index contributed by atoms with van der Waals surface area (Å²) in [6.07, 6.45) is 41.6. The van der Waals surface area contributed by atoms with Gasteiger partial charge in [0.1, 0.15) is 10.9 Å². The van der Waals surface area contributed by atoms with Gasteiger partial charge in [-0.15, -0.1) is 0 Å². The van der Waals surface area contributed by atoms with Crippen molar-refractivity contribution in [3.63, 3.8) is 0 Å². The highest BCUT2D eigenvalue weighted by Gasteiger charge is 2.49. The largest absolute Gasteiger partial charge is 0.507 e. The molecule has 330 valence electrons. The molecule has 1 aromatic carbocycles. The molecule has 0 amide bonds. The summed E-state index contributed by atoms with van der Waals surface area (Å²) in [6, 6.07) is 4.04. The fraction of sp³-hybridized carbons (Fsp3) is 0.882. The van der Waals surface area contributed by atoms with Crippen molar-refractivity contribution in [2.45, 2.75) is 290 Å². The Bertz CT molecular complexity index is 1100. The van der Waals surface area contributed by atoms with Gasteiger partial charge in [-0.05, 0) is 34.8 Å². The second-order valence-corrected chi connectivity index (χ2v) is 22.0. The Labute approximate surface area is 350 Å². The van der Waals surface area contributed by atoms with Crippen LogP contribution in [0.15, 0.2) is 12.1 Å². The molecule has 1 rings (SSSR count). The third-order valence-corrected chi connectivity index (χ3v) is 14.5. The van der Waals surface area contributed by atoms with Crippen LogP contribution in [-0.4, -0.2) is 14.9 Å². The molecule has 4 nitrogen and oxygen atoms in total. The molecule has 0 aliphatic heterocycles. The Hall–Kier alpha value is -0.830. The lowest BCUT2D eigenvalue weighted by Crippen LogP contribution is -2.29. The normalized spacial score (nSPS) is 12.9. The highest BCUT2D eigenvalue weighted by molar-refractivity contribution is 7.53. The fourth-order valence-electron chi connectivity index (χ4n) is 8.77. The Morgan fingerprint density at radius 2 is 0.661 bits per heavy atom. The molecule has 0 saturated heterocycles. The Morgan fingerprint density at radius 3 is 0.893 bits per heavy atom. The van der Waals surface area contributed by atoms with E-state index >= 15 is 0 Å². The van der Waals surface area contributed by atoms with E-state index in [0.29, 0.717) is 18.4 Å². The molecule has 0 heterocycles. The maximum Gasteiger partial charge on any atom is 0.336 e. The van der Waals surface area contributed by atoms with Crippen molar-refractivity contribution < 1.29 is 19.5 Å². The van der Waals surface area contributed by atoms with Crippen molar-refractivity contribution in [2.24, 2.45) is 0 Å². The van der Waals surface area contributed by atoms with Crippen LogP contribution in [0.25, 0.3) is 0 Å². The number of phenolic OH excluding ortho intramolecular Hbond substituents is 1. The first-order valence-corrected chi connectivity index (χ1v) is 26.2. The van der Waals surface area contributed by atoms with Crippen molar-refractivity contribution in [2.75, 3.05) is 0 Å². The summed E-state index contributed by atoms with van der Waals surface area (Å²) < 4.78 is 13.9. The van der Waals surface area contributed by atoms with Gasteiger partial charge < -0.3 is 14.9 Å². The zero-order valence-electron chi connectivity index (χ0n) is 38.9. The summed E-state index contributed by atoms with van der Waals surface area (Å²) in [7, 11) is -4.64. The Morgan fingerprint density at radius 1 is 0.411 bits per heavy atom.